The lowest BCUT2D eigenvalue weighted by Gasteiger charge is -2.23. The van der Waals surface area contributed by atoms with E-state index in [0.29, 0.717) is 17.9 Å². The predicted octanol–water partition coefficient (Wildman–Crippen LogP) is 1.85. The van der Waals surface area contributed by atoms with Crippen LogP contribution in [-0.2, 0) is 0 Å². The largest absolute Gasteiger partial charge is 0.353 e. The Kier molecular flexibility index (Phi) is 5.46. The van der Waals surface area contributed by atoms with Crippen molar-refractivity contribution in [3.05, 3.63) is 24.0 Å². The molecule has 1 atom stereocenters. The fourth-order valence-corrected chi connectivity index (χ4v) is 1.94. The molecule has 7 nitrogen and oxygen atoms in total. The first-order chi connectivity index (χ1) is 10.1. The van der Waals surface area contributed by atoms with Crippen molar-refractivity contribution in [3.63, 3.8) is 0 Å². The fraction of sp³-hybridized carbons (Fsp3) is 0.538. The van der Waals surface area contributed by atoms with Gasteiger partial charge in [0.2, 0.25) is 17.2 Å². The van der Waals surface area contributed by atoms with E-state index in [1.54, 1.807) is 23.3 Å². The van der Waals surface area contributed by atoms with Crippen LogP contribution in [0.4, 0.5) is 5.95 Å². The third-order valence-electron chi connectivity index (χ3n) is 3.42. The van der Waals surface area contributed by atoms with Crippen molar-refractivity contribution in [2.75, 3.05) is 25.5 Å². The molecule has 0 spiro atoms. The van der Waals surface area contributed by atoms with E-state index in [4.69, 9.17) is 11.6 Å². The van der Waals surface area contributed by atoms with Gasteiger partial charge in [-0.15, -0.1) is 0 Å². The molecule has 0 saturated carbocycles. The highest BCUT2D eigenvalue weighted by Gasteiger charge is 2.08. The quantitative estimate of drug-likeness (QED) is 0.841. The van der Waals surface area contributed by atoms with E-state index in [-0.39, 0.29) is 5.28 Å². The summed E-state index contributed by atoms with van der Waals surface area (Å²) in [4.78, 5) is 18.7. The maximum Gasteiger partial charge on any atom is 0.241 e. The summed E-state index contributed by atoms with van der Waals surface area (Å²) in [5.41, 5.74) is 0. The average Bonchev–Trinajstić information content (AvgIpc) is 3.00. The maximum absolute atomic E-state index is 5.93. The number of aromatic nitrogens is 5. The van der Waals surface area contributed by atoms with Crippen molar-refractivity contribution >= 4 is 17.5 Å². The van der Waals surface area contributed by atoms with Crippen LogP contribution in [0.1, 0.15) is 20.3 Å². The summed E-state index contributed by atoms with van der Waals surface area (Å²) >= 11 is 5.93. The summed E-state index contributed by atoms with van der Waals surface area (Å²) in [5.74, 6) is 0.918. The molecule has 0 aliphatic carbocycles. The van der Waals surface area contributed by atoms with Gasteiger partial charge in [0, 0.05) is 31.5 Å². The number of nitrogens with one attached hydrogen (secondary N) is 1. The first kappa shape index (κ1) is 15.7. The minimum atomic E-state index is 0.159. The summed E-state index contributed by atoms with van der Waals surface area (Å²) in [6.07, 6.45) is 6.16. The molecule has 0 aromatic carbocycles. The smallest absolute Gasteiger partial charge is 0.241 e. The molecule has 21 heavy (non-hydrogen) atoms. The molecule has 0 aliphatic heterocycles. The summed E-state index contributed by atoms with van der Waals surface area (Å²) in [6.45, 7) is 6.03. The van der Waals surface area contributed by atoms with Crippen LogP contribution in [0.3, 0.4) is 0 Å². The molecule has 1 N–H and O–H groups in total. The number of hydrogen-bond donors (Lipinski definition) is 1. The first-order valence-electron chi connectivity index (χ1n) is 6.94. The highest BCUT2D eigenvalue weighted by molar-refractivity contribution is 6.28. The molecule has 2 rings (SSSR count). The zero-order chi connectivity index (χ0) is 15.2. The van der Waals surface area contributed by atoms with Crippen molar-refractivity contribution in [1.29, 1.82) is 0 Å². The van der Waals surface area contributed by atoms with E-state index in [9.17, 15) is 0 Å². The van der Waals surface area contributed by atoms with Crippen LogP contribution >= 0.6 is 11.6 Å². The van der Waals surface area contributed by atoms with Crippen molar-refractivity contribution in [1.82, 2.24) is 29.4 Å². The van der Waals surface area contributed by atoms with Crippen molar-refractivity contribution in [3.8, 4) is 5.95 Å². The minimum absolute atomic E-state index is 0.159. The lowest BCUT2D eigenvalue weighted by atomic mass is 10.2. The topological polar surface area (TPSA) is 71.8 Å². The number of rotatable bonds is 7. The lowest BCUT2D eigenvalue weighted by molar-refractivity contribution is 0.261. The zero-order valence-corrected chi connectivity index (χ0v) is 13.2. The van der Waals surface area contributed by atoms with Gasteiger partial charge in [-0.1, -0.05) is 6.92 Å². The maximum atomic E-state index is 5.93. The molecular formula is C13H20ClN7. The monoisotopic (exact) mass is 309 g/mol. The van der Waals surface area contributed by atoms with Crippen LogP contribution in [0.15, 0.2) is 18.7 Å². The van der Waals surface area contributed by atoms with Gasteiger partial charge in [-0.25, -0.2) is 4.98 Å². The zero-order valence-electron chi connectivity index (χ0n) is 12.5. The molecule has 0 radical (unpaired) electrons. The predicted molar refractivity (Wildman–Crippen MR) is 82.8 cm³/mol. The molecule has 8 heteroatoms. The third kappa shape index (κ3) is 4.37. The van der Waals surface area contributed by atoms with Gasteiger partial charge < -0.3 is 10.2 Å². The third-order valence-corrected chi connectivity index (χ3v) is 3.59. The van der Waals surface area contributed by atoms with Crippen molar-refractivity contribution in [2.45, 2.75) is 26.3 Å². The molecule has 114 valence electrons. The molecule has 0 bridgehead atoms. The number of anilines is 1. The fourth-order valence-electron chi connectivity index (χ4n) is 1.79. The Bertz CT molecular complexity index is 558. The Balaban J connectivity index is 1.98. The highest BCUT2D eigenvalue weighted by Crippen LogP contribution is 2.09. The number of likely N-dealkylation sites (N-methyl/N-ethyl adjacent to an activating group) is 1. The minimum Gasteiger partial charge on any atom is -0.353 e. The van der Waals surface area contributed by atoms with Crippen LogP contribution in [0.5, 0.6) is 0 Å². The Morgan fingerprint density at radius 1 is 1.38 bits per heavy atom. The van der Waals surface area contributed by atoms with E-state index in [2.05, 4.69) is 51.0 Å². The Labute approximate surface area is 129 Å². The summed E-state index contributed by atoms with van der Waals surface area (Å²) < 4.78 is 1.68. The highest BCUT2D eigenvalue weighted by atomic mass is 35.5. The molecule has 0 fully saturated rings. The van der Waals surface area contributed by atoms with Crippen molar-refractivity contribution < 1.29 is 0 Å². The Hall–Kier alpha value is -1.73. The molecule has 1 unspecified atom stereocenters. The standard InChI is InChI=1S/C13H20ClN7/c1-4-10(2)20(3)7-6-16-12-17-11(14)18-13(19-12)21-8-5-15-9-21/h5,8-10H,4,6-7H2,1-3H3,(H,16,17,18,19). The van der Waals surface area contributed by atoms with Crippen LogP contribution < -0.4 is 5.32 Å². The first-order valence-corrected chi connectivity index (χ1v) is 7.32. The summed E-state index contributed by atoms with van der Waals surface area (Å²) in [7, 11) is 2.10. The second kappa shape index (κ2) is 7.33. The molecule has 2 heterocycles. The van der Waals surface area contributed by atoms with Gasteiger partial charge in [-0.2, -0.15) is 15.0 Å². The molecule has 0 amide bonds. The van der Waals surface area contributed by atoms with Crippen LogP contribution in [0.25, 0.3) is 5.95 Å². The number of imidazole rings is 1. The van der Waals surface area contributed by atoms with Gasteiger partial charge in [-0.3, -0.25) is 4.57 Å². The normalized spacial score (nSPS) is 12.6. The molecule has 0 saturated heterocycles. The molecular weight excluding hydrogens is 290 g/mol. The van der Waals surface area contributed by atoms with E-state index in [0.717, 1.165) is 19.5 Å². The van der Waals surface area contributed by atoms with E-state index < -0.39 is 0 Å². The second-order valence-corrected chi connectivity index (χ2v) is 5.20. The molecule has 2 aromatic heterocycles. The van der Waals surface area contributed by atoms with Gasteiger partial charge in [0.05, 0.1) is 0 Å². The van der Waals surface area contributed by atoms with Crippen LogP contribution in [0, 0.1) is 0 Å². The van der Waals surface area contributed by atoms with Crippen LogP contribution in [0.2, 0.25) is 5.28 Å². The Morgan fingerprint density at radius 3 is 2.86 bits per heavy atom. The van der Waals surface area contributed by atoms with Gasteiger partial charge in [0.15, 0.2) is 0 Å². The van der Waals surface area contributed by atoms with E-state index >= 15 is 0 Å². The number of hydrogen-bond acceptors (Lipinski definition) is 6. The van der Waals surface area contributed by atoms with E-state index in [1.807, 2.05) is 0 Å². The van der Waals surface area contributed by atoms with Crippen LogP contribution in [-0.4, -0.2) is 55.6 Å². The summed E-state index contributed by atoms with van der Waals surface area (Å²) in [5, 5.41) is 3.33. The second-order valence-electron chi connectivity index (χ2n) is 4.86. The van der Waals surface area contributed by atoms with Gasteiger partial charge in [-0.05, 0) is 32.0 Å². The van der Waals surface area contributed by atoms with Gasteiger partial charge in [0.25, 0.3) is 0 Å². The lowest BCUT2D eigenvalue weighted by Crippen LogP contribution is -2.33. The Morgan fingerprint density at radius 2 is 2.19 bits per heavy atom. The molecule has 2 aromatic rings. The van der Waals surface area contributed by atoms with Crippen molar-refractivity contribution in [2.24, 2.45) is 0 Å². The average molecular weight is 310 g/mol. The molecule has 0 aliphatic rings. The SMILES string of the molecule is CCC(C)N(C)CCNc1nc(Cl)nc(-n2ccnc2)n1. The van der Waals surface area contributed by atoms with Gasteiger partial charge in [0.1, 0.15) is 6.33 Å². The van der Waals surface area contributed by atoms with Gasteiger partial charge >= 0.3 is 0 Å². The number of halogens is 1. The van der Waals surface area contributed by atoms with E-state index in [1.165, 1.54) is 0 Å². The summed E-state index contributed by atoms with van der Waals surface area (Å²) in [6, 6.07) is 0.551. The number of nitrogens with zero attached hydrogens (tertiary/aromatic N) is 6.